The maximum absolute atomic E-state index is 14.3. The third kappa shape index (κ3) is 6.92. The molecule has 2 aromatic rings. The summed E-state index contributed by atoms with van der Waals surface area (Å²) in [5, 5.41) is 9.47. The van der Waals surface area contributed by atoms with Gasteiger partial charge in [-0.25, -0.2) is 13.2 Å². The molecule has 14 heteroatoms. The molecular weight excluding hydrogens is 687 g/mol. The fourth-order valence-electron chi connectivity index (χ4n) is 7.62. The van der Waals surface area contributed by atoms with Crippen molar-refractivity contribution in [2.24, 2.45) is 17.0 Å². The van der Waals surface area contributed by atoms with E-state index >= 15 is 0 Å². The molecule has 0 aromatic heterocycles. The van der Waals surface area contributed by atoms with E-state index in [1.54, 1.807) is 13.8 Å². The summed E-state index contributed by atoms with van der Waals surface area (Å²) in [6.45, 7) is 7.32. The van der Waals surface area contributed by atoms with Crippen molar-refractivity contribution in [1.29, 1.82) is 0 Å². The van der Waals surface area contributed by atoms with E-state index in [0.717, 1.165) is 47.9 Å². The Morgan fingerprint density at radius 2 is 1.56 bits per heavy atom. The molecule has 5 atom stereocenters. The molecule has 4 amide bonds. The average molecular weight is 732 g/mol. The van der Waals surface area contributed by atoms with Crippen LogP contribution in [0.15, 0.2) is 66.3 Å². The van der Waals surface area contributed by atoms with Gasteiger partial charge in [-0.3, -0.25) is 19.1 Å². The first-order valence-electron chi connectivity index (χ1n) is 18.1. The summed E-state index contributed by atoms with van der Waals surface area (Å²) in [6, 6.07) is 13.6. The molecule has 5 aliphatic rings. The number of alkyl carbamates (subject to hydrolysis) is 1. The molecule has 13 nitrogen and oxygen atoms in total. The van der Waals surface area contributed by atoms with E-state index in [1.807, 2.05) is 48.5 Å². The van der Waals surface area contributed by atoms with E-state index in [9.17, 15) is 27.6 Å². The monoisotopic (exact) mass is 731 g/mol. The Labute approximate surface area is 303 Å². The Kier molecular flexibility index (Phi) is 9.62. The van der Waals surface area contributed by atoms with Gasteiger partial charge >= 0.3 is 6.09 Å². The van der Waals surface area contributed by atoms with Gasteiger partial charge in [0.25, 0.3) is 5.91 Å². The SMILES string of the molecule is C=C[C@@H]1C[C@@]1(NC(=O)[C@@H]1C[C@@H](ON=C2c3ccccc3-c3ccccc32)CN1C(=O)[C@@H](NC(=O)OC1CCCC1)C(C)C)C(=O)NS(=O)(=O)C1CC1. The summed E-state index contributed by atoms with van der Waals surface area (Å²) in [7, 11) is -3.88. The number of oxime groups is 1. The predicted molar refractivity (Wildman–Crippen MR) is 192 cm³/mol. The number of nitrogens with one attached hydrogen (secondary N) is 3. The Hall–Kier alpha value is -4.72. The number of likely N-dealkylation sites (tertiary alicyclic amines) is 1. The molecule has 0 unspecified atom stereocenters. The summed E-state index contributed by atoms with van der Waals surface area (Å²) in [6.07, 6.45) is 4.47. The number of nitrogens with zero attached hydrogens (tertiary/aromatic N) is 2. The van der Waals surface area contributed by atoms with Crippen LogP contribution in [0.2, 0.25) is 0 Å². The van der Waals surface area contributed by atoms with Gasteiger partial charge in [0.05, 0.1) is 11.8 Å². The maximum atomic E-state index is 14.3. The van der Waals surface area contributed by atoms with Crippen molar-refractivity contribution in [3.05, 3.63) is 72.3 Å². The Morgan fingerprint density at radius 1 is 0.942 bits per heavy atom. The normalized spacial score (nSPS) is 25.5. The zero-order valence-corrected chi connectivity index (χ0v) is 30.2. The summed E-state index contributed by atoms with van der Waals surface area (Å²) in [5.41, 5.74) is 2.92. The number of benzene rings is 2. The Bertz CT molecular complexity index is 1870. The fraction of sp³-hybridized carbons (Fsp3) is 0.500. The molecule has 52 heavy (non-hydrogen) atoms. The van der Waals surface area contributed by atoms with Crippen LogP contribution in [0.1, 0.15) is 76.3 Å². The van der Waals surface area contributed by atoms with E-state index in [4.69, 9.17) is 9.57 Å². The molecule has 3 saturated carbocycles. The van der Waals surface area contributed by atoms with Gasteiger partial charge in [0.1, 0.15) is 35.5 Å². The van der Waals surface area contributed by atoms with Crippen LogP contribution in [-0.4, -0.2) is 84.5 Å². The largest absolute Gasteiger partial charge is 0.446 e. The van der Waals surface area contributed by atoms with Crippen LogP contribution in [0.25, 0.3) is 11.1 Å². The van der Waals surface area contributed by atoms with Crippen molar-refractivity contribution in [2.45, 2.75) is 100 Å². The lowest BCUT2D eigenvalue weighted by molar-refractivity contribution is -0.141. The second kappa shape index (κ2) is 14.0. The number of sulfonamides is 1. The predicted octanol–water partition coefficient (Wildman–Crippen LogP) is 3.77. The molecule has 4 fully saturated rings. The summed E-state index contributed by atoms with van der Waals surface area (Å²) in [4.78, 5) is 62.4. The van der Waals surface area contributed by atoms with E-state index in [1.165, 1.54) is 11.0 Å². The van der Waals surface area contributed by atoms with Crippen LogP contribution in [-0.2, 0) is 34.0 Å². The zero-order chi connectivity index (χ0) is 36.8. The van der Waals surface area contributed by atoms with E-state index in [2.05, 4.69) is 27.1 Å². The van der Waals surface area contributed by atoms with Crippen molar-refractivity contribution >= 4 is 39.5 Å². The van der Waals surface area contributed by atoms with Crippen LogP contribution in [0.5, 0.6) is 0 Å². The van der Waals surface area contributed by atoms with Crippen molar-refractivity contribution in [1.82, 2.24) is 20.3 Å². The smallest absolute Gasteiger partial charge is 0.408 e. The lowest BCUT2D eigenvalue weighted by atomic mass is 10.0. The highest BCUT2D eigenvalue weighted by Crippen LogP contribution is 2.45. The molecule has 0 radical (unpaired) electrons. The van der Waals surface area contributed by atoms with Gasteiger partial charge < -0.3 is 25.1 Å². The van der Waals surface area contributed by atoms with E-state index in [0.29, 0.717) is 18.6 Å². The molecule has 1 aliphatic heterocycles. The molecule has 0 spiro atoms. The minimum absolute atomic E-state index is 0.0281. The van der Waals surface area contributed by atoms with Gasteiger partial charge in [0, 0.05) is 23.5 Å². The zero-order valence-electron chi connectivity index (χ0n) is 29.4. The van der Waals surface area contributed by atoms with Crippen LogP contribution < -0.4 is 15.4 Å². The second-order valence-electron chi connectivity index (χ2n) is 14.9. The highest BCUT2D eigenvalue weighted by Gasteiger charge is 2.62. The molecule has 1 saturated heterocycles. The Balaban J connectivity index is 1.14. The van der Waals surface area contributed by atoms with Crippen molar-refractivity contribution in [2.75, 3.05) is 6.54 Å². The summed E-state index contributed by atoms with van der Waals surface area (Å²) >= 11 is 0. The number of carbonyl (C=O) groups excluding carboxylic acids is 4. The minimum Gasteiger partial charge on any atom is -0.446 e. The van der Waals surface area contributed by atoms with Crippen LogP contribution >= 0.6 is 0 Å². The van der Waals surface area contributed by atoms with Gasteiger partial charge in [-0.15, -0.1) is 6.58 Å². The lowest BCUT2D eigenvalue weighted by Gasteiger charge is -2.31. The fourth-order valence-corrected chi connectivity index (χ4v) is 8.98. The highest BCUT2D eigenvalue weighted by molar-refractivity contribution is 7.91. The summed E-state index contributed by atoms with van der Waals surface area (Å²) < 4.78 is 33.1. The molecule has 1 heterocycles. The molecule has 0 bridgehead atoms. The number of hydrogen-bond acceptors (Lipinski definition) is 9. The lowest BCUT2D eigenvalue weighted by Crippen LogP contribution is -2.59. The van der Waals surface area contributed by atoms with E-state index in [-0.39, 0.29) is 31.4 Å². The molecular formula is C38H45N5O8S. The average Bonchev–Trinajstić information content (AvgIpc) is 3.96. The van der Waals surface area contributed by atoms with Gasteiger partial charge in [0.15, 0.2) is 0 Å². The topological polar surface area (TPSA) is 173 Å². The maximum Gasteiger partial charge on any atom is 0.408 e. The number of fused-ring (bicyclic) bond motifs is 3. The number of carbonyl (C=O) groups is 4. The first-order chi connectivity index (χ1) is 24.9. The van der Waals surface area contributed by atoms with Crippen molar-refractivity contribution < 1.29 is 37.2 Å². The van der Waals surface area contributed by atoms with Gasteiger partial charge in [-0.1, -0.05) is 73.6 Å². The third-order valence-corrected chi connectivity index (χ3v) is 12.6. The minimum atomic E-state index is -3.88. The summed E-state index contributed by atoms with van der Waals surface area (Å²) in [5.74, 6) is -2.87. The van der Waals surface area contributed by atoms with Crippen molar-refractivity contribution in [3.63, 3.8) is 0 Å². The second-order valence-corrected chi connectivity index (χ2v) is 16.8. The van der Waals surface area contributed by atoms with E-state index < -0.39 is 68.7 Å². The van der Waals surface area contributed by atoms with Crippen LogP contribution in [0.3, 0.4) is 0 Å². The first-order valence-corrected chi connectivity index (χ1v) is 19.7. The van der Waals surface area contributed by atoms with Gasteiger partial charge in [-0.2, -0.15) is 0 Å². The number of rotatable bonds is 12. The van der Waals surface area contributed by atoms with Gasteiger partial charge in [-0.05, 0) is 62.0 Å². The van der Waals surface area contributed by atoms with Gasteiger partial charge in [0.2, 0.25) is 21.8 Å². The standard InChI is InChI=1S/C38H45N5O8S/c1-4-23-20-38(23,36(46)42-52(48,49)26-17-18-26)40-34(44)31-19-25(51-41-33-29-15-9-7-13-27(29)28-14-8-10-16-30(28)33)21-43(31)35(45)32(22(2)3)39-37(47)50-24-11-5-6-12-24/h4,7-10,13-16,22-26,31-32H,1,5-6,11-12,17-21H2,2-3H3,(H,39,47)(H,40,44)(H,42,46)/t23-,25-,31+,32+,38+/m1/s1. The molecule has 4 aliphatic carbocycles. The number of ether oxygens (including phenoxy) is 1. The highest BCUT2D eigenvalue weighted by atomic mass is 32.2. The molecule has 2 aromatic carbocycles. The quantitative estimate of drug-likeness (QED) is 0.187. The number of amides is 4. The Morgan fingerprint density at radius 3 is 2.12 bits per heavy atom. The molecule has 3 N–H and O–H groups in total. The molecule has 276 valence electrons. The molecule has 7 rings (SSSR count). The van der Waals surface area contributed by atoms with Crippen LogP contribution in [0, 0.1) is 11.8 Å². The van der Waals surface area contributed by atoms with Crippen LogP contribution in [0.4, 0.5) is 4.79 Å². The number of hydrogen-bond donors (Lipinski definition) is 3. The first kappa shape index (κ1) is 35.7. The third-order valence-electron chi connectivity index (χ3n) is 10.8. The van der Waals surface area contributed by atoms with Crippen molar-refractivity contribution in [3.8, 4) is 11.1 Å².